The van der Waals surface area contributed by atoms with Gasteiger partial charge in [-0.05, 0) is 44.3 Å². The van der Waals surface area contributed by atoms with E-state index in [4.69, 9.17) is 0 Å². The molecule has 2 atom stereocenters. The van der Waals surface area contributed by atoms with Gasteiger partial charge in [-0.25, -0.2) is 0 Å². The van der Waals surface area contributed by atoms with Crippen molar-refractivity contribution >= 4 is 11.8 Å². The van der Waals surface area contributed by atoms with Crippen LogP contribution in [0, 0.1) is 5.92 Å². The molecule has 20 heavy (non-hydrogen) atoms. The maximum absolute atomic E-state index is 3.96. The van der Waals surface area contributed by atoms with Crippen molar-refractivity contribution < 1.29 is 0 Å². The Labute approximate surface area is 131 Å². The third-order valence-electron chi connectivity index (χ3n) is 5.70. The summed E-state index contributed by atoms with van der Waals surface area (Å²) < 4.78 is 0.563. The molecule has 0 aromatic carbocycles. The predicted molar refractivity (Wildman–Crippen MR) is 92.6 cm³/mol. The average molecular weight is 298 g/mol. The fourth-order valence-electron chi connectivity index (χ4n) is 4.26. The molecule has 2 saturated carbocycles. The Bertz CT molecular complexity index is 260. The number of rotatable bonds is 6. The van der Waals surface area contributed by atoms with E-state index in [1.165, 1.54) is 83.6 Å². The van der Waals surface area contributed by atoms with E-state index in [1.807, 2.05) is 0 Å². The van der Waals surface area contributed by atoms with Gasteiger partial charge in [-0.3, -0.25) is 0 Å². The van der Waals surface area contributed by atoms with Crippen molar-refractivity contribution in [1.82, 2.24) is 5.32 Å². The second-order valence-electron chi connectivity index (χ2n) is 7.19. The van der Waals surface area contributed by atoms with Crippen LogP contribution in [0.1, 0.15) is 84.0 Å². The van der Waals surface area contributed by atoms with Gasteiger partial charge in [0.1, 0.15) is 0 Å². The SMILES string of the molecule is CCCC1CCCC(NCC2(SC)CCCCC2)CC1. The van der Waals surface area contributed by atoms with Gasteiger partial charge in [0, 0.05) is 17.3 Å². The van der Waals surface area contributed by atoms with Crippen molar-refractivity contribution in [3.05, 3.63) is 0 Å². The Kier molecular flexibility index (Phi) is 7.24. The van der Waals surface area contributed by atoms with Gasteiger partial charge >= 0.3 is 0 Å². The lowest BCUT2D eigenvalue weighted by molar-refractivity contribution is 0.347. The van der Waals surface area contributed by atoms with Crippen molar-refractivity contribution in [2.45, 2.75) is 94.8 Å². The predicted octanol–water partition coefficient (Wildman–Crippen LogP) is 5.39. The Morgan fingerprint density at radius 1 is 1.00 bits per heavy atom. The van der Waals surface area contributed by atoms with Crippen LogP contribution < -0.4 is 5.32 Å². The average Bonchev–Trinajstić information content (AvgIpc) is 2.72. The van der Waals surface area contributed by atoms with Crippen LogP contribution in [-0.2, 0) is 0 Å². The minimum Gasteiger partial charge on any atom is -0.313 e. The summed E-state index contributed by atoms with van der Waals surface area (Å²) >= 11 is 2.13. The van der Waals surface area contributed by atoms with E-state index in [9.17, 15) is 0 Å². The lowest BCUT2D eigenvalue weighted by Gasteiger charge is -2.37. The quantitative estimate of drug-likeness (QED) is 0.660. The van der Waals surface area contributed by atoms with E-state index >= 15 is 0 Å². The third kappa shape index (κ3) is 4.94. The topological polar surface area (TPSA) is 12.0 Å². The molecule has 1 N–H and O–H groups in total. The highest BCUT2D eigenvalue weighted by Crippen LogP contribution is 2.38. The summed E-state index contributed by atoms with van der Waals surface area (Å²) in [7, 11) is 0. The molecule has 0 saturated heterocycles. The fraction of sp³-hybridized carbons (Fsp3) is 1.00. The van der Waals surface area contributed by atoms with Crippen molar-refractivity contribution in [3.8, 4) is 0 Å². The third-order valence-corrected chi connectivity index (χ3v) is 7.11. The first kappa shape index (κ1) is 16.7. The van der Waals surface area contributed by atoms with E-state index in [0.717, 1.165) is 12.0 Å². The first-order valence-corrected chi connectivity index (χ1v) is 10.3. The molecule has 2 fully saturated rings. The molecule has 0 radical (unpaired) electrons. The van der Waals surface area contributed by atoms with E-state index in [0.29, 0.717) is 4.75 Å². The van der Waals surface area contributed by atoms with Crippen molar-refractivity contribution in [1.29, 1.82) is 0 Å². The minimum atomic E-state index is 0.563. The second kappa shape index (κ2) is 8.68. The van der Waals surface area contributed by atoms with Crippen molar-refractivity contribution in [2.24, 2.45) is 5.92 Å². The van der Waals surface area contributed by atoms with Gasteiger partial charge in [-0.2, -0.15) is 11.8 Å². The maximum atomic E-state index is 3.96. The van der Waals surface area contributed by atoms with Crippen LogP contribution in [-0.4, -0.2) is 23.6 Å². The molecule has 2 heteroatoms. The fourth-order valence-corrected chi connectivity index (χ4v) is 5.18. The first-order chi connectivity index (χ1) is 9.78. The minimum absolute atomic E-state index is 0.563. The van der Waals surface area contributed by atoms with Crippen LogP contribution in [0.4, 0.5) is 0 Å². The van der Waals surface area contributed by atoms with E-state index < -0.39 is 0 Å². The van der Waals surface area contributed by atoms with Gasteiger partial charge in [0.2, 0.25) is 0 Å². The molecule has 0 aromatic heterocycles. The van der Waals surface area contributed by atoms with E-state index in [-0.39, 0.29) is 0 Å². The first-order valence-electron chi connectivity index (χ1n) is 9.06. The summed E-state index contributed by atoms with van der Waals surface area (Å²) in [6.45, 7) is 3.60. The standard InChI is InChI=1S/C18H35NS/c1-3-8-16-9-7-10-17(12-11-16)19-15-18(20-2)13-5-4-6-14-18/h16-17,19H,3-15H2,1-2H3. The smallest absolute Gasteiger partial charge is 0.0281 e. The molecule has 2 unspecified atom stereocenters. The Morgan fingerprint density at radius 2 is 1.80 bits per heavy atom. The van der Waals surface area contributed by atoms with Crippen LogP contribution in [0.3, 0.4) is 0 Å². The normalized spacial score (nSPS) is 30.9. The molecule has 0 amide bonds. The monoisotopic (exact) mass is 297 g/mol. The molecule has 2 rings (SSSR count). The van der Waals surface area contributed by atoms with Gasteiger partial charge in [-0.1, -0.05) is 51.9 Å². The van der Waals surface area contributed by atoms with Gasteiger partial charge in [0.25, 0.3) is 0 Å². The van der Waals surface area contributed by atoms with Crippen molar-refractivity contribution in [3.63, 3.8) is 0 Å². The zero-order chi connectivity index (χ0) is 14.3. The highest BCUT2D eigenvalue weighted by Gasteiger charge is 2.31. The molecule has 0 aliphatic heterocycles. The summed E-state index contributed by atoms with van der Waals surface area (Å²) in [5.74, 6) is 1.02. The molecular weight excluding hydrogens is 262 g/mol. The number of hydrogen-bond donors (Lipinski definition) is 1. The molecule has 0 aromatic rings. The highest BCUT2D eigenvalue weighted by atomic mass is 32.2. The summed E-state index contributed by atoms with van der Waals surface area (Å²) in [6, 6.07) is 0.808. The van der Waals surface area contributed by atoms with Gasteiger partial charge in [0.15, 0.2) is 0 Å². The number of thioether (sulfide) groups is 1. The van der Waals surface area contributed by atoms with Crippen LogP contribution in [0.2, 0.25) is 0 Å². The zero-order valence-electron chi connectivity index (χ0n) is 13.8. The summed E-state index contributed by atoms with van der Waals surface area (Å²) in [5.41, 5.74) is 0. The van der Waals surface area contributed by atoms with Crippen LogP contribution in [0.25, 0.3) is 0 Å². The van der Waals surface area contributed by atoms with Crippen LogP contribution >= 0.6 is 11.8 Å². The molecular formula is C18H35NS. The largest absolute Gasteiger partial charge is 0.313 e. The molecule has 2 aliphatic carbocycles. The van der Waals surface area contributed by atoms with E-state index in [2.05, 4.69) is 30.3 Å². The molecule has 1 nitrogen and oxygen atoms in total. The lowest BCUT2D eigenvalue weighted by atomic mass is 9.88. The van der Waals surface area contributed by atoms with Gasteiger partial charge in [0.05, 0.1) is 0 Å². The lowest BCUT2D eigenvalue weighted by Crippen LogP contribution is -2.43. The van der Waals surface area contributed by atoms with E-state index in [1.54, 1.807) is 0 Å². The molecule has 0 bridgehead atoms. The number of hydrogen-bond acceptors (Lipinski definition) is 2. The molecule has 0 spiro atoms. The Morgan fingerprint density at radius 3 is 2.50 bits per heavy atom. The highest BCUT2D eigenvalue weighted by molar-refractivity contribution is 8.00. The summed E-state index contributed by atoms with van der Waals surface area (Å²) in [4.78, 5) is 0. The van der Waals surface area contributed by atoms with Crippen LogP contribution in [0.5, 0.6) is 0 Å². The number of nitrogens with one attached hydrogen (secondary N) is 1. The van der Waals surface area contributed by atoms with Gasteiger partial charge in [-0.15, -0.1) is 0 Å². The molecule has 118 valence electrons. The molecule has 2 aliphatic rings. The zero-order valence-corrected chi connectivity index (χ0v) is 14.6. The van der Waals surface area contributed by atoms with Crippen LogP contribution in [0.15, 0.2) is 0 Å². The van der Waals surface area contributed by atoms with Gasteiger partial charge < -0.3 is 5.32 Å². The second-order valence-corrected chi connectivity index (χ2v) is 8.46. The summed E-state index contributed by atoms with van der Waals surface area (Å²) in [5, 5.41) is 3.96. The van der Waals surface area contributed by atoms with Crippen molar-refractivity contribution in [2.75, 3.05) is 12.8 Å². The molecule has 0 heterocycles. The Balaban J connectivity index is 1.75. The Hall–Kier alpha value is 0.310. The maximum Gasteiger partial charge on any atom is 0.0281 e. The summed E-state index contributed by atoms with van der Waals surface area (Å²) in [6.07, 6.45) is 19.7.